The van der Waals surface area contributed by atoms with E-state index in [4.69, 9.17) is 10.00 Å². The second-order valence-corrected chi connectivity index (χ2v) is 4.62. The number of nitrogens with one attached hydrogen (secondary N) is 1. The van der Waals surface area contributed by atoms with Gasteiger partial charge in [-0.2, -0.15) is 18.4 Å². The summed E-state index contributed by atoms with van der Waals surface area (Å²) in [5, 5.41) is 10.6. The molecule has 0 radical (unpaired) electrons. The normalized spacial score (nSPS) is 10.8. The van der Waals surface area contributed by atoms with Gasteiger partial charge >= 0.3 is 12.1 Å². The highest BCUT2D eigenvalue weighted by Crippen LogP contribution is 2.38. The minimum Gasteiger partial charge on any atom is -0.493 e. The van der Waals surface area contributed by atoms with E-state index in [9.17, 15) is 22.4 Å². The molecule has 1 N–H and O–H groups in total. The van der Waals surface area contributed by atoms with Crippen LogP contribution in [0, 0.1) is 17.1 Å². The molecule has 2 aromatic rings. The van der Waals surface area contributed by atoms with Gasteiger partial charge < -0.3 is 10.1 Å². The molecule has 0 heterocycles. The highest BCUT2D eigenvalue weighted by molar-refractivity contribution is 5.97. The van der Waals surface area contributed by atoms with Gasteiger partial charge in [0.2, 0.25) is 0 Å². The zero-order chi connectivity index (χ0) is 17.9. The number of benzene rings is 2. The molecule has 0 unspecified atom stereocenters. The first kappa shape index (κ1) is 17.3. The minimum absolute atomic E-state index is 0.134. The smallest absolute Gasteiger partial charge is 0.471 e. The molecule has 4 nitrogen and oxygen atoms in total. The lowest BCUT2D eigenvalue weighted by Gasteiger charge is -2.16. The maximum Gasteiger partial charge on any atom is 0.471 e. The average Bonchev–Trinajstić information content (AvgIpc) is 2.56. The zero-order valence-electron chi connectivity index (χ0n) is 12.2. The Hall–Kier alpha value is -3.08. The maximum atomic E-state index is 14.7. The van der Waals surface area contributed by atoms with Gasteiger partial charge in [-0.05, 0) is 11.6 Å². The number of hydrogen-bond acceptors (Lipinski definition) is 3. The molecule has 8 heteroatoms. The Morgan fingerprint density at radius 2 is 1.88 bits per heavy atom. The molecule has 2 aromatic carbocycles. The van der Waals surface area contributed by atoms with E-state index in [1.165, 1.54) is 17.4 Å². The van der Waals surface area contributed by atoms with Crippen LogP contribution in [0.1, 0.15) is 5.56 Å². The number of rotatable bonds is 3. The van der Waals surface area contributed by atoms with Crippen LogP contribution in [0.3, 0.4) is 0 Å². The Balaban J connectivity index is 2.68. The summed E-state index contributed by atoms with van der Waals surface area (Å²) in [6, 6.07) is 10.7. The number of carbonyl (C=O) groups excluding carboxylic acids is 1. The van der Waals surface area contributed by atoms with Crippen LogP contribution in [0.4, 0.5) is 23.2 Å². The second kappa shape index (κ2) is 6.58. The summed E-state index contributed by atoms with van der Waals surface area (Å²) in [4.78, 5) is 11.2. The molecular weight excluding hydrogens is 328 g/mol. The third kappa shape index (κ3) is 3.30. The third-order valence-electron chi connectivity index (χ3n) is 3.12. The third-order valence-corrected chi connectivity index (χ3v) is 3.12. The first-order valence-electron chi connectivity index (χ1n) is 6.53. The Labute approximate surface area is 134 Å². The Morgan fingerprint density at radius 1 is 1.25 bits per heavy atom. The van der Waals surface area contributed by atoms with Gasteiger partial charge in [0, 0.05) is 5.56 Å². The van der Waals surface area contributed by atoms with Gasteiger partial charge in [-0.25, -0.2) is 4.39 Å². The van der Waals surface area contributed by atoms with Crippen LogP contribution in [0.5, 0.6) is 5.75 Å². The summed E-state index contributed by atoms with van der Waals surface area (Å²) in [6.45, 7) is 0. The number of ether oxygens (including phenoxy) is 1. The van der Waals surface area contributed by atoms with Gasteiger partial charge in [0.1, 0.15) is 11.8 Å². The topological polar surface area (TPSA) is 62.1 Å². The fourth-order valence-electron chi connectivity index (χ4n) is 2.06. The lowest BCUT2D eigenvalue weighted by atomic mass is 10.0. The standard InChI is InChI=1S/C16H10F4N2O2/c1-24-14-10(8-21)7-11(9-5-3-2-4-6-9)12(17)13(14)22-15(23)16(18,19)20/h2-7H,1H3,(H,22,23). The van der Waals surface area contributed by atoms with Crippen molar-refractivity contribution in [1.82, 2.24) is 0 Å². The molecule has 0 saturated heterocycles. The van der Waals surface area contributed by atoms with Gasteiger partial charge in [-0.1, -0.05) is 30.3 Å². The molecule has 0 atom stereocenters. The number of halogens is 4. The van der Waals surface area contributed by atoms with E-state index < -0.39 is 29.3 Å². The average molecular weight is 338 g/mol. The number of methoxy groups -OCH3 is 1. The van der Waals surface area contributed by atoms with E-state index in [2.05, 4.69) is 0 Å². The fourth-order valence-corrected chi connectivity index (χ4v) is 2.06. The van der Waals surface area contributed by atoms with Crippen LogP contribution < -0.4 is 10.1 Å². The lowest BCUT2D eigenvalue weighted by Crippen LogP contribution is -2.30. The largest absolute Gasteiger partial charge is 0.493 e. The van der Waals surface area contributed by atoms with Crippen molar-refractivity contribution >= 4 is 11.6 Å². The molecule has 0 fully saturated rings. The molecule has 0 aliphatic heterocycles. The summed E-state index contributed by atoms with van der Waals surface area (Å²) in [5.74, 6) is -3.98. The molecule has 124 valence electrons. The number of alkyl halides is 3. The first-order valence-corrected chi connectivity index (χ1v) is 6.53. The fraction of sp³-hybridized carbons (Fsp3) is 0.125. The van der Waals surface area contributed by atoms with E-state index in [0.717, 1.165) is 13.2 Å². The highest BCUT2D eigenvalue weighted by Gasteiger charge is 2.40. The van der Waals surface area contributed by atoms with Crippen molar-refractivity contribution in [3.05, 3.63) is 47.8 Å². The molecule has 0 saturated carbocycles. The number of hydrogen-bond donors (Lipinski definition) is 1. The van der Waals surface area contributed by atoms with E-state index in [1.807, 2.05) is 0 Å². The van der Waals surface area contributed by atoms with Crippen LogP contribution in [0.15, 0.2) is 36.4 Å². The molecule has 2 rings (SSSR count). The quantitative estimate of drug-likeness (QED) is 0.864. The molecule has 0 aliphatic rings. The van der Waals surface area contributed by atoms with Crippen LogP contribution >= 0.6 is 0 Å². The van der Waals surface area contributed by atoms with Gasteiger partial charge in [-0.15, -0.1) is 0 Å². The summed E-state index contributed by atoms with van der Waals surface area (Å²) in [7, 11) is 1.06. The van der Waals surface area contributed by atoms with Gasteiger partial charge in [0.15, 0.2) is 11.6 Å². The Morgan fingerprint density at radius 3 is 2.38 bits per heavy atom. The molecule has 0 spiro atoms. The zero-order valence-corrected chi connectivity index (χ0v) is 12.2. The van der Waals surface area contributed by atoms with E-state index in [1.54, 1.807) is 24.3 Å². The van der Waals surface area contributed by atoms with Crippen molar-refractivity contribution in [2.75, 3.05) is 12.4 Å². The summed E-state index contributed by atoms with van der Waals surface area (Å²) < 4.78 is 56.9. The van der Waals surface area contributed by atoms with E-state index >= 15 is 0 Å². The van der Waals surface area contributed by atoms with Crippen molar-refractivity contribution in [1.29, 1.82) is 5.26 Å². The number of nitriles is 1. The molecule has 0 aromatic heterocycles. The van der Waals surface area contributed by atoms with Crippen molar-refractivity contribution in [2.24, 2.45) is 0 Å². The predicted octanol–water partition coefficient (Wildman–Crippen LogP) is 3.87. The van der Waals surface area contributed by atoms with Gasteiger partial charge in [-0.3, -0.25) is 4.79 Å². The van der Waals surface area contributed by atoms with Gasteiger partial charge in [0.25, 0.3) is 0 Å². The van der Waals surface area contributed by atoms with Gasteiger partial charge in [0.05, 0.1) is 12.7 Å². The molecule has 1 amide bonds. The lowest BCUT2D eigenvalue weighted by molar-refractivity contribution is -0.167. The number of carbonyl (C=O) groups is 1. The van der Waals surface area contributed by atoms with E-state index in [0.29, 0.717) is 5.56 Å². The van der Waals surface area contributed by atoms with Crippen LogP contribution in [0.25, 0.3) is 11.1 Å². The summed E-state index contributed by atoms with van der Waals surface area (Å²) in [5.41, 5.74) is -0.852. The number of anilines is 1. The Bertz CT molecular complexity index is 812. The SMILES string of the molecule is COc1c(C#N)cc(-c2ccccc2)c(F)c1NC(=O)C(F)(F)F. The van der Waals surface area contributed by atoms with Crippen molar-refractivity contribution < 1.29 is 27.1 Å². The highest BCUT2D eigenvalue weighted by atomic mass is 19.4. The molecule has 24 heavy (non-hydrogen) atoms. The van der Waals surface area contributed by atoms with Crippen LogP contribution in [-0.2, 0) is 4.79 Å². The molecule has 0 aliphatic carbocycles. The maximum absolute atomic E-state index is 14.7. The summed E-state index contributed by atoms with van der Waals surface area (Å²) in [6.07, 6.45) is -5.22. The van der Waals surface area contributed by atoms with Crippen molar-refractivity contribution in [3.8, 4) is 22.9 Å². The van der Waals surface area contributed by atoms with Crippen LogP contribution in [-0.4, -0.2) is 19.2 Å². The van der Waals surface area contributed by atoms with Crippen molar-refractivity contribution in [2.45, 2.75) is 6.18 Å². The van der Waals surface area contributed by atoms with Crippen LogP contribution in [0.2, 0.25) is 0 Å². The predicted molar refractivity (Wildman–Crippen MR) is 77.8 cm³/mol. The molecular formula is C16H10F4N2O2. The summed E-state index contributed by atoms with van der Waals surface area (Å²) >= 11 is 0. The van der Waals surface area contributed by atoms with Crippen molar-refractivity contribution in [3.63, 3.8) is 0 Å². The number of amides is 1. The minimum atomic E-state index is -5.22. The second-order valence-electron chi connectivity index (χ2n) is 4.62. The number of nitrogens with zero attached hydrogens (tertiary/aromatic N) is 1. The first-order chi connectivity index (χ1) is 11.3. The van der Waals surface area contributed by atoms with E-state index in [-0.39, 0.29) is 11.1 Å². The Kier molecular flexibility index (Phi) is 4.74. The monoisotopic (exact) mass is 338 g/mol. The molecule has 0 bridgehead atoms.